The molecule has 0 saturated carbocycles. The van der Waals surface area contributed by atoms with Crippen molar-refractivity contribution in [2.75, 3.05) is 33.4 Å². The van der Waals surface area contributed by atoms with Gasteiger partial charge in [0.2, 0.25) is 0 Å². The second-order valence-corrected chi connectivity index (χ2v) is 6.25. The van der Waals surface area contributed by atoms with E-state index in [2.05, 4.69) is 17.1 Å². The van der Waals surface area contributed by atoms with Crippen LogP contribution in [0.3, 0.4) is 0 Å². The van der Waals surface area contributed by atoms with Gasteiger partial charge in [-0.3, -0.25) is 4.79 Å². The Morgan fingerprint density at radius 1 is 1.65 bits per heavy atom. The van der Waals surface area contributed by atoms with Gasteiger partial charge in [0.15, 0.2) is 0 Å². The molecule has 1 fully saturated rings. The van der Waals surface area contributed by atoms with Gasteiger partial charge in [0.25, 0.3) is 5.91 Å². The van der Waals surface area contributed by atoms with Gasteiger partial charge in [-0.05, 0) is 43.7 Å². The zero-order valence-corrected chi connectivity index (χ0v) is 13.1. The number of piperidine rings is 1. The quantitative estimate of drug-likeness (QED) is 0.875. The monoisotopic (exact) mass is 296 g/mol. The van der Waals surface area contributed by atoms with E-state index >= 15 is 0 Å². The number of ether oxygens (including phenoxy) is 1. The van der Waals surface area contributed by atoms with Crippen LogP contribution in [0, 0.1) is 5.92 Å². The highest BCUT2D eigenvalue weighted by atomic mass is 32.1. The molecule has 0 aromatic carbocycles. The van der Waals surface area contributed by atoms with E-state index in [0.29, 0.717) is 5.92 Å². The number of nitrogens with zero attached hydrogens (tertiary/aromatic N) is 1. The summed E-state index contributed by atoms with van der Waals surface area (Å²) in [5.74, 6) is 0.580. The SMILES string of the molecule is COCCN1CCC[C@@H]([C@@H](C)NC(=O)c2ccsc2)C1. The van der Waals surface area contributed by atoms with Gasteiger partial charge in [0, 0.05) is 37.2 Å². The van der Waals surface area contributed by atoms with Crippen molar-refractivity contribution in [2.24, 2.45) is 5.92 Å². The van der Waals surface area contributed by atoms with Crippen molar-refractivity contribution in [1.29, 1.82) is 0 Å². The van der Waals surface area contributed by atoms with E-state index < -0.39 is 0 Å². The summed E-state index contributed by atoms with van der Waals surface area (Å²) < 4.78 is 5.14. The smallest absolute Gasteiger partial charge is 0.252 e. The number of hydrogen-bond donors (Lipinski definition) is 1. The highest BCUT2D eigenvalue weighted by molar-refractivity contribution is 7.08. The van der Waals surface area contributed by atoms with Crippen molar-refractivity contribution in [3.8, 4) is 0 Å². The summed E-state index contributed by atoms with van der Waals surface area (Å²) in [6, 6.07) is 2.09. The highest BCUT2D eigenvalue weighted by Crippen LogP contribution is 2.20. The Bertz CT molecular complexity index is 408. The highest BCUT2D eigenvalue weighted by Gasteiger charge is 2.25. The molecule has 5 heteroatoms. The Hall–Kier alpha value is -0.910. The molecular weight excluding hydrogens is 272 g/mol. The molecule has 4 nitrogen and oxygen atoms in total. The van der Waals surface area contributed by atoms with Crippen molar-refractivity contribution in [1.82, 2.24) is 10.2 Å². The van der Waals surface area contributed by atoms with Crippen LogP contribution in [0.15, 0.2) is 16.8 Å². The van der Waals surface area contributed by atoms with Crippen LogP contribution < -0.4 is 5.32 Å². The number of likely N-dealkylation sites (tertiary alicyclic amines) is 1. The maximum atomic E-state index is 12.1. The normalized spacial score (nSPS) is 21.6. The number of amides is 1. The summed E-state index contributed by atoms with van der Waals surface area (Å²) in [7, 11) is 1.74. The molecule has 2 heterocycles. The average molecular weight is 296 g/mol. The van der Waals surface area contributed by atoms with Crippen molar-refractivity contribution in [3.63, 3.8) is 0 Å². The first-order valence-electron chi connectivity index (χ1n) is 7.25. The molecule has 0 spiro atoms. The fraction of sp³-hybridized carbons (Fsp3) is 0.667. The van der Waals surface area contributed by atoms with Crippen molar-refractivity contribution in [2.45, 2.75) is 25.8 Å². The van der Waals surface area contributed by atoms with Crippen LogP contribution in [0.4, 0.5) is 0 Å². The van der Waals surface area contributed by atoms with E-state index in [1.165, 1.54) is 12.8 Å². The summed E-state index contributed by atoms with van der Waals surface area (Å²) in [5, 5.41) is 6.97. The average Bonchev–Trinajstić information content (AvgIpc) is 2.99. The third-order valence-corrected chi connectivity index (χ3v) is 4.69. The minimum absolute atomic E-state index is 0.0489. The Balaban J connectivity index is 1.82. The number of carbonyl (C=O) groups is 1. The fourth-order valence-corrected chi connectivity index (χ4v) is 3.36. The van der Waals surface area contributed by atoms with E-state index in [0.717, 1.165) is 31.8 Å². The Morgan fingerprint density at radius 3 is 3.20 bits per heavy atom. The molecule has 1 amide bonds. The topological polar surface area (TPSA) is 41.6 Å². The lowest BCUT2D eigenvalue weighted by Gasteiger charge is -2.35. The van der Waals surface area contributed by atoms with Gasteiger partial charge >= 0.3 is 0 Å². The third kappa shape index (κ3) is 4.30. The van der Waals surface area contributed by atoms with Crippen molar-refractivity contribution < 1.29 is 9.53 Å². The number of rotatable bonds is 6. The van der Waals surface area contributed by atoms with Crippen LogP contribution >= 0.6 is 11.3 Å². The van der Waals surface area contributed by atoms with E-state index in [4.69, 9.17) is 4.74 Å². The van der Waals surface area contributed by atoms with E-state index in [1.54, 1.807) is 18.4 Å². The predicted octanol–water partition coefficient (Wildman–Crippen LogP) is 2.22. The zero-order chi connectivity index (χ0) is 14.4. The lowest BCUT2D eigenvalue weighted by Crippen LogP contribution is -2.46. The molecule has 0 bridgehead atoms. The summed E-state index contributed by atoms with van der Waals surface area (Å²) in [5.41, 5.74) is 0.772. The van der Waals surface area contributed by atoms with Gasteiger partial charge in [-0.25, -0.2) is 0 Å². The van der Waals surface area contributed by atoms with Gasteiger partial charge in [0.1, 0.15) is 0 Å². The minimum Gasteiger partial charge on any atom is -0.383 e. The molecule has 20 heavy (non-hydrogen) atoms. The van der Waals surface area contributed by atoms with Gasteiger partial charge in [-0.1, -0.05) is 0 Å². The largest absolute Gasteiger partial charge is 0.383 e. The maximum Gasteiger partial charge on any atom is 0.252 e. The van der Waals surface area contributed by atoms with E-state index in [-0.39, 0.29) is 11.9 Å². The summed E-state index contributed by atoms with van der Waals surface area (Å²) >= 11 is 1.56. The first kappa shape index (κ1) is 15.5. The third-order valence-electron chi connectivity index (χ3n) is 4.00. The molecule has 2 rings (SSSR count). The van der Waals surface area contributed by atoms with Gasteiger partial charge in [-0.2, -0.15) is 11.3 Å². The molecule has 1 N–H and O–H groups in total. The van der Waals surface area contributed by atoms with Gasteiger partial charge in [-0.15, -0.1) is 0 Å². The molecule has 1 aromatic heterocycles. The Labute approximate surface area is 125 Å². The van der Waals surface area contributed by atoms with Crippen LogP contribution in [0.5, 0.6) is 0 Å². The first-order valence-corrected chi connectivity index (χ1v) is 8.19. The number of hydrogen-bond acceptors (Lipinski definition) is 4. The molecule has 0 aliphatic carbocycles. The van der Waals surface area contributed by atoms with Crippen molar-refractivity contribution >= 4 is 17.2 Å². The predicted molar refractivity (Wildman–Crippen MR) is 82.3 cm³/mol. The molecule has 1 aliphatic heterocycles. The van der Waals surface area contributed by atoms with Crippen molar-refractivity contribution in [3.05, 3.63) is 22.4 Å². The zero-order valence-electron chi connectivity index (χ0n) is 12.3. The lowest BCUT2D eigenvalue weighted by atomic mass is 9.91. The van der Waals surface area contributed by atoms with E-state index in [9.17, 15) is 4.79 Å². The van der Waals surface area contributed by atoms with Crippen LogP contribution in [0.2, 0.25) is 0 Å². The van der Waals surface area contributed by atoms with Gasteiger partial charge < -0.3 is 15.0 Å². The van der Waals surface area contributed by atoms with Crippen LogP contribution in [-0.4, -0.2) is 50.2 Å². The van der Waals surface area contributed by atoms with Gasteiger partial charge in [0.05, 0.1) is 6.61 Å². The molecule has 1 aromatic rings. The number of carbonyl (C=O) groups excluding carboxylic acids is 1. The molecule has 1 aliphatic rings. The van der Waals surface area contributed by atoms with Crippen LogP contribution in [0.1, 0.15) is 30.1 Å². The fourth-order valence-electron chi connectivity index (χ4n) is 2.72. The summed E-state index contributed by atoms with van der Waals surface area (Å²) in [4.78, 5) is 14.5. The molecule has 2 atom stereocenters. The van der Waals surface area contributed by atoms with E-state index in [1.807, 2.05) is 16.8 Å². The Morgan fingerprint density at radius 2 is 2.50 bits per heavy atom. The molecule has 112 valence electrons. The maximum absolute atomic E-state index is 12.1. The number of nitrogens with one attached hydrogen (secondary N) is 1. The summed E-state index contributed by atoms with van der Waals surface area (Å²) in [6.45, 7) is 6.08. The molecule has 0 unspecified atom stereocenters. The molecular formula is C15H24N2O2S. The number of thiophene rings is 1. The summed E-state index contributed by atoms with van der Waals surface area (Å²) in [6.07, 6.45) is 2.39. The second-order valence-electron chi connectivity index (χ2n) is 5.47. The van der Waals surface area contributed by atoms with Crippen LogP contribution in [-0.2, 0) is 4.74 Å². The standard InChI is InChI=1S/C15H24N2O2S/c1-12(16-15(18)14-5-9-20-11-14)13-4-3-6-17(10-13)7-8-19-2/h5,9,11-13H,3-4,6-8,10H2,1-2H3,(H,16,18)/t12-,13-/m1/s1. The lowest BCUT2D eigenvalue weighted by molar-refractivity contribution is 0.0855. The first-order chi connectivity index (χ1) is 9.70. The van der Waals surface area contributed by atoms with Crippen LogP contribution in [0.25, 0.3) is 0 Å². The Kier molecular flexibility index (Phi) is 6.01. The second kappa shape index (κ2) is 7.76. The molecule has 0 radical (unpaired) electrons. The minimum atomic E-state index is 0.0489. The molecule has 1 saturated heterocycles. The number of methoxy groups -OCH3 is 1.